The number of para-hydroxylation sites is 1. The number of nitrogens with zero attached hydrogens (tertiary/aromatic N) is 1. The Hall–Kier alpha value is -0.710. The second kappa shape index (κ2) is 7.52. The van der Waals surface area contributed by atoms with Gasteiger partial charge in [-0.2, -0.15) is 0 Å². The van der Waals surface area contributed by atoms with Gasteiger partial charge in [0.2, 0.25) is 0 Å². The van der Waals surface area contributed by atoms with E-state index >= 15 is 0 Å². The summed E-state index contributed by atoms with van der Waals surface area (Å²) >= 11 is 1.99. The molecule has 0 aromatic heterocycles. The Morgan fingerprint density at radius 1 is 1.33 bits per heavy atom. The van der Waals surface area contributed by atoms with Crippen LogP contribution in [0.1, 0.15) is 26.2 Å². The van der Waals surface area contributed by atoms with E-state index in [9.17, 15) is 0 Å². The second-order valence-corrected chi connectivity index (χ2v) is 7.36. The van der Waals surface area contributed by atoms with Crippen LogP contribution < -0.4 is 4.90 Å². The molecule has 1 aromatic carbocycles. The highest BCUT2D eigenvalue weighted by Crippen LogP contribution is 2.36. The Balaban J connectivity index is 1.52. The monoisotopic (exact) mass is 307 g/mol. The summed E-state index contributed by atoms with van der Waals surface area (Å²) in [4.78, 5) is 3.88. The van der Waals surface area contributed by atoms with E-state index in [4.69, 9.17) is 9.47 Å². The molecule has 0 N–H and O–H groups in total. The maximum atomic E-state index is 5.83. The summed E-state index contributed by atoms with van der Waals surface area (Å²) in [5, 5.41) is 0.684. The van der Waals surface area contributed by atoms with Gasteiger partial charge in [0, 0.05) is 29.8 Å². The first-order valence-corrected chi connectivity index (χ1v) is 8.91. The lowest BCUT2D eigenvalue weighted by Crippen LogP contribution is -2.29. The minimum Gasteiger partial charge on any atom is -0.377 e. The van der Waals surface area contributed by atoms with Crippen LogP contribution in [0.4, 0.5) is 5.69 Å². The van der Waals surface area contributed by atoms with E-state index in [-0.39, 0.29) is 0 Å². The quantitative estimate of drug-likeness (QED) is 0.775. The highest BCUT2D eigenvalue weighted by Gasteiger charge is 2.19. The van der Waals surface area contributed by atoms with E-state index in [1.54, 1.807) is 0 Å². The molecule has 0 spiro atoms. The van der Waals surface area contributed by atoms with Crippen molar-refractivity contribution in [2.45, 2.75) is 42.4 Å². The number of thioether (sulfide) groups is 1. The lowest BCUT2D eigenvalue weighted by molar-refractivity contribution is 0.0195. The minimum absolute atomic E-state index is 0.331. The Morgan fingerprint density at radius 2 is 2.24 bits per heavy atom. The number of benzene rings is 1. The fourth-order valence-corrected chi connectivity index (χ4v) is 4.08. The Morgan fingerprint density at radius 3 is 3.10 bits per heavy atom. The molecular weight excluding hydrogens is 282 g/mol. The van der Waals surface area contributed by atoms with Crippen molar-refractivity contribution in [2.75, 3.05) is 37.8 Å². The van der Waals surface area contributed by atoms with Crippen molar-refractivity contribution >= 4 is 17.4 Å². The van der Waals surface area contributed by atoms with E-state index in [1.165, 1.54) is 23.4 Å². The van der Waals surface area contributed by atoms with Gasteiger partial charge in [-0.15, -0.1) is 11.8 Å². The van der Waals surface area contributed by atoms with Crippen molar-refractivity contribution in [3.8, 4) is 0 Å². The predicted molar refractivity (Wildman–Crippen MR) is 88.4 cm³/mol. The SMILES string of the molecule is CC1CCN(CCOCC2CCCO2)c2ccccc2S1. The molecule has 1 saturated heterocycles. The van der Waals surface area contributed by atoms with Crippen molar-refractivity contribution in [2.24, 2.45) is 0 Å². The number of ether oxygens (including phenoxy) is 2. The van der Waals surface area contributed by atoms with Gasteiger partial charge in [0.25, 0.3) is 0 Å². The summed E-state index contributed by atoms with van der Waals surface area (Å²) in [7, 11) is 0. The molecule has 2 atom stereocenters. The molecule has 2 heterocycles. The van der Waals surface area contributed by atoms with Crippen LogP contribution in [0.3, 0.4) is 0 Å². The molecule has 116 valence electrons. The summed E-state index contributed by atoms with van der Waals surface area (Å²) in [6, 6.07) is 8.74. The lowest BCUT2D eigenvalue weighted by atomic mass is 10.2. The standard InChI is InChI=1S/C17H25NO2S/c1-14-8-9-18(16-6-2-3-7-17(16)21-14)10-12-19-13-15-5-4-11-20-15/h2-3,6-7,14-15H,4-5,8-13H2,1H3. The largest absolute Gasteiger partial charge is 0.377 e. The van der Waals surface area contributed by atoms with E-state index in [2.05, 4.69) is 36.1 Å². The highest BCUT2D eigenvalue weighted by molar-refractivity contribution is 8.00. The van der Waals surface area contributed by atoms with Crippen LogP contribution in [0.15, 0.2) is 29.2 Å². The van der Waals surface area contributed by atoms with Gasteiger partial charge in [-0.05, 0) is 31.4 Å². The Kier molecular flexibility index (Phi) is 5.44. The highest BCUT2D eigenvalue weighted by atomic mass is 32.2. The van der Waals surface area contributed by atoms with Crippen LogP contribution in [0.25, 0.3) is 0 Å². The first-order valence-electron chi connectivity index (χ1n) is 8.03. The van der Waals surface area contributed by atoms with Crippen LogP contribution in [0, 0.1) is 0 Å². The molecular formula is C17H25NO2S. The maximum Gasteiger partial charge on any atom is 0.0809 e. The molecule has 2 aliphatic heterocycles. The fraction of sp³-hybridized carbons (Fsp3) is 0.647. The molecule has 3 rings (SSSR count). The minimum atomic E-state index is 0.331. The van der Waals surface area contributed by atoms with Gasteiger partial charge in [-0.1, -0.05) is 19.1 Å². The van der Waals surface area contributed by atoms with E-state index < -0.39 is 0 Å². The number of rotatable bonds is 5. The summed E-state index contributed by atoms with van der Waals surface area (Å²) in [6.07, 6.45) is 3.89. The van der Waals surface area contributed by atoms with Crippen molar-refractivity contribution in [3.63, 3.8) is 0 Å². The Bertz CT molecular complexity index is 448. The van der Waals surface area contributed by atoms with E-state index in [0.29, 0.717) is 11.4 Å². The molecule has 2 aliphatic rings. The van der Waals surface area contributed by atoms with Gasteiger partial charge in [-0.3, -0.25) is 0 Å². The van der Waals surface area contributed by atoms with E-state index in [1.807, 2.05) is 11.8 Å². The number of hydrogen-bond acceptors (Lipinski definition) is 4. The summed E-state index contributed by atoms with van der Waals surface area (Å²) in [6.45, 7) is 6.85. The zero-order valence-corrected chi connectivity index (χ0v) is 13.6. The number of anilines is 1. The summed E-state index contributed by atoms with van der Waals surface area (Å²) in [5.41, 5.74) is 1.37. The molecule has 0 bridgehead atoms. The fourth-order valence-electron chi connectivity index (χ4n) is 2.95. The predicted octanol–water partition coefficient (Wildman–Crippen LogP) is 3.57. The van der Waals surface area contributed by atoms with Crippen molar-refractivity contribution in [3.05, 3.63) is 24.3 Å². The van der Waals surface area contributed by atoms with Crippen molar-refractivity contribution in [1.29, 1.82) is 0 Å². The maximum absolute atomic E-state index is 5.83. The van der Waals surface area contributed by atoms with Gasteiger partial charge < -0.3 is 14.4 Å². The zero-order chi connectivity index (χ0) is 14.5. The van der Waals surface area contributed by atoms with Crippen LogP contribution in [-0.2, 0) is 9.47 Å². The van der Waals surface area contributed by atoms with Crippen molar-refractivity contribution in [1.82, 2.24) is 0 Å². The van der Waals surface area contributed by atoms with Gasteiger partial charge >= 0.3 is 0 Å². The first-order chi connectivity index (χ1) is 10.3. The molecule has 21 heavy (non-hydrogen) atoms. The summed E-state index contributed by atoms with van der Waals surface area (Å²) < 4.78 is 11.4. The topological polar surface area (TPSA) is 21.7 Å². The van der Waals surface area contributed by atoms with Crippen LogP contribution in [0.2, 0.25) is 0 Å². The van der Waals surface area contributed by atoms with Crippen LogP contribution >= 0.6 is 11.8 Å². The third-order valence-corrected chi connectivity index (χ3v) is 5.41. The average molecular weight is 307 g/mol. The third kappa shape index (κ3) is 4.15. The molecule has 1 fully saturated rings. The Labute approximate surface area is 132 Å². The number of fused-ring (bicyclic) bond motifs is 1. The molecule has 0 radical (unpaired) electrons. The normalized spacial score (nSPS) is 25.7. The smallest absolute Gasteiger partial charge is 0.0809 e. The molecule has 3 nitrogen and oxygen atoms in total. The second-order valence-electron chi connectivity index (χ2n) is 5.88. The molecule has 0 aliphatic carbocycles. The average Bonchev–Trinajstić information content (AvgIpc) is 2.95. The number of hydrogen-bond donors (Lipinski definition) is 0. The van der Waals surface area contributed by atoms with Gasteiger partial charge in [0.05, 0.1) is 25.0 Å². The van der Waals surface area contributed by atoms with Crippen LogP contribution in [0.5, 0.6) is 0 Å². The zero-order valence-electron chi connectivity index (χ0n) is 12.8. The molecule has 0 amide bonds. The molecule has 0 saturated carbocycles. The van der Waals surface area contributed by atoms with Crippen LogP contribution in [-0.4, -0.2) is 44.3 Å². The van der Waals surface area contributed by atoms with Gasteiger partial charge in [0.15, 0.2) is 0 Å². The van der Waals surface area contributed by atoms with Crippen molar-refractivity contribution < 1.29 is 9.47 Å². The van der Waals surface area contributed by atoms with Gasteiger partial charge in [0.1, 0.15) is 0 Å². The van der Waals surface area contributed by atoms with E-state index in [0.717, 1.165) is 39.3 Å². The summed E-state index contributed by atoms with van der Waals surface area (Å²) in [5.74, 6) is 0. The molecule has 1 aromatic rings. The molecule has 2 unspecified atom stereocenters. The third-order valence-electron chi connectivity index (χ3n) is 4.17. The van der Waals surface area contributed by atoms with Gasteiger partial charge in [-0.25, -0.2) is 0 Å². The molecule has 4 heteroatoms. The lowest BCUT2D eigenvalue weighted by Gasteiger charge is -2.24. The first kappa shape index (κ1) is 15.2.